The minimum atomic E-state index is -4.72. The van der Waals surface area contributed by atoms with Gasteiger partial charge in [0.05, 0.1) is 12.2 Å². The van der Waals surface area contributed by atoms with E-state index in [0.29, 0.717) is 9.59 Å². The number of thioether (sulfide) groups is 1. The zero-order valence-electron chi connectivity index (χ0n) is 14.1. The van der Waals surface area contributed by atoms with Gasteiger partial charge in [-0.15, -0.1) is 0 Å². The smallest absolute Gasteiger partial charge is 0.334 e. The molecule has 0 saturated heterocycles. The molecule has 1 aromatic rings. The van der Waals surface area contributed by atoms with E-state index in [1.54, 1.807) is 6.92 Å². The van der Waals surface area contributed by atoms with E-state index in [-0.39, 0.29) is 11.4 Å². The fourth-order valence-electron chi connectivity index (χ4n) is 2.90. The zero-order chi connectivity index (χ0) is 20.1. The molecule has 0 aromatic carbocycles. The van der Waals surface area contributed by atoms with E-state index in [1.165, 1.54) is 13.1 Å². The van der Waals surface area contributed by atoms with Crippen LogP contribution < -0.4 is 0 Å². The molecule has 5 nitrogen and oxygen atoms in total. The number of nitrogens with zero attached hydrogens (tertiary/aromatic N) is 4. The summed E-state index contributed by atoms with van der Waals surface area (Å²) in [7, 11) is 0. The number of carbonyl (C=O) groups excluding carboxylic acids is 1. The first kappa shape index (κ1) is 19.6. The van der Waals surface area contributed by atoms with Crippen molar-refractivity contribution in [3.63, 3.8) is 0 Å². The highest BCUT2D eigenvalue weighted by Crippen LogP contribution is 2.41. The van der Waals surface area contributed by atoms with Crippen molar-refractivity contribution in [2.45, 2.75) is 38.2 Å². The fraction of sp³-hybridized carbons (Fsp3) is 0.467. The van der Waals surface area contributed by atoms with Gasteiger partial charge in [0.2, 0.25) is 0 Å². The Morgan fingerprint density at radius 2 is 1.85 bits per heavy atom. The van der Waals surface area contributed by atoms with Gasteiger partial charge < -0.3 is 4.90 Å². The van der Waals surface area contributed by atoms with Gasteiger partial charge in [-0.05, 0) is 19.9 Å². The predicted octanol–water partition coefficient (Wildman–Crippen LogP) is 3.69. The van der Waals surface area contributed by atoms with Gasteiger partial charge in [-0.1, -0.05) is 11.8 Å². The minimum absolute atomic E-state index is 0.0711. The van der Waals surface area contributed by atoms with Crippen LogP contribution in [0, 0.1) is 6.92 Å². The summed E-state index contributed by atoms with van der Waals surface area (Å²) in [4.78, 5) is 14.9. The third kappa shape index (κ3) is 4.09. The van der Waals surface area contributed by atoms with E-state index < -0.39 is 42.5 Å². The Morgan fingerprint density at radius 3 is 2.44 bits per heavy atom. The summed E-state index contributed by atoms with van der Waals surface area (Å²) >= 11 is 1.03. The number of aryl methyl sites for hydroxylation is 1. The summed E-state index contributed by atoms with van der Waals surface area (Å²) in [5, 5.41) is 3.73. The highest BCUT2D eigenvalue weighted by atomic mass is 32.2. The maximum Gasteiger partial charge on any atom is 0.433 e. The van der Waals surface area contributed by atoms with Crippen LogP contribution in [0.3, 0.4) is 0 Å². The number of carbonyl (C=O) groups is 1. The molecular formula is C15H14F6N4OS. The van der Waals surface area contributed by atoms with Crippen molar-refractivity contribution in [2.24, 2.45) is 0 Å². The van der Waals surface area contributed by atoms with E-state index in [9.17, 15) is 31.1 Å². The number of alkyl halides is 6. The largest absolute Gasteiger partial charge is 0.433 e. The van der Waals surface area contributed by atoms with Crippen LogP contribution in [0.2, 0.25) is 0 Å². The number of aromatic nitrogens is 2. The normalized spacial score (nSPS) is 20.7. The Bertz CT molecular complexity index is 825. The van der Waals surface area contributed by atoms with Crippen molar-refractivity contribution < 1.29 is 31.1 Å². The van der Waals surface area contributed by atoms with Gasteiger partial charge in [-0.2, -0.15) is 31.4 Å². The second kappa shape index (κ2) is 6.50. The van der Waals surface area contributed by atoms with Gasteiger partial charge in [-0.25, -0.2) is 0 Å². The number of allylic oxidation sites excluding steroid dienone is 2. The molecule has 1 aromatic heterocycles. The highest BCUT2D eigenvalue weighted by Gasteiger charge is 2.44. The average molecular weight is 412 g/mol. The van der Waals surface area contributed by atoms with Crippen molar-refractivity contribution in [1.82, 2.24) is 19.6 Å². The number of amides is 1. The van der Waals surface area contributed by atoms with E-state index in [2.05, 4.69) is 5.10 Å². The predicted molar refractivity (Wildman–Crippen MR) is 84.8 cm³/mol. The molecule has 1 amide bonds. The van der Waals surface area contributed by atoms with Crippen LogP contribution in [0.1, 0.15) is 18.3 Å². The maximum atomic E-state index is 13.2. The number of halogens is 6. The molecule has 3 heterocycles. The van der Waals surface area contributed by atoms with Crippen molar-refractivity contribution in [2.75, 3.05) is 6.54 Å². The number of hydrogen-bond donors (Lipinski definition) is 0. The van der Waals surface area contributed by atoms with E-state index in [1.807, 2.05) is 0 Å². The minimum Gasteiger partial charge on any atom is -0.334 e. The maximum absolute atomic E-state index is 13.2. The molecule has 1 unspecified atom stereocenters. The summed E-state index contributed by atoms with van der Waals surface area (Å²) in [6.45, 7) is 0.985. The Morgan fingerprint density at radius 1 is 1.19 bits per heavy atom. The average Bonchev–Trinajstić information content (AvgIpc) is 3.05. The summed E-state index contributed by atoms with van der Waals surface area (Å²) in [5.41, 5.74) is -2.19. The van der Waals surface area contributed by atoms with Crippen molar-refractivity contribution in [3.05, 3.63) is 40.3 Å². The number of fused-ring (bicyclic) bond motifs is 1. The monoisotopic (exact) mass is 412 g/mol. The molecule has 0 aliphatic carbocycles. The highest BCUT2D eigenvalue weighted by molar-refractivity contribution is 8.03. The molecule has 27 heavy (non-hydrogen) atoms. The first-order valence-corrected chi connectivity index (χ1v) is 8.56. The Balaban J connectivity index is 1.98. The SMILES string of the molecule is CC1=CN2C(=O)C=C(Cn3nc(C)cc3C(F)(F)F)N(CC(F)(F)F)C2S1. The van der Waals surface area contributed by atoms with Crippen LogP contribution in [0.25, 0.3) is 0 Å². The molecular weight excluding hydrogens is 398 g/mol. The second-order valence-electron chi connectivity index (χ2n) is 6.13. The lowest BCUT2D eigenvalue weighted by molar-refractivity contribution is -0.153. The van der Waals surface area contributed by atoms with Gasteiger partial charge in [0.1, 0.15) is 12.2 Å². The first-order chi connectivity index (χ1) is 12.3. The summed E-state index contributed by atoms with van der Waals surface area (Å²) in [6, 6.07) is 0.807. The molecule has 1 atom stereocenters. The zero-order valence-corrected chi connectivity index (χ0v) is 14.9. The lowest BCUT2D eigenvalue weighted by Crippen LogP contribution is -2.51. The molecule has 0 bridgehead atoms. The Labute approximate surface area is 154 Å². The fourth-order valence-corrected chi connectivity index (χ4v) is 4.02. The standard InChI is InChI=1S/C15H14F6N4OS/c1-8-3-11(15(19,20)21)25(22-8)6-10-4-12(26)23-5-9(2)27-13(23)24(10)7-14(16,17)18/h3-5,13H,6-7H2,1-2H3. The van der Waals surface area contributed by atoms with Crippen molar-refractivity contribution >= 4 is 17.7 Å². The molecule has 12 heteroatoms. The summed E-state index contributed by atoms with van der Waals surface area (Å²) < 4.78 is 79.3. The third-order valence-corrected chi connectivity index (χ3v) is 5.05. The molecule has 3 rings (SSSR count). The molecule has 2 aliphatic heterocycles. The lowest BCUT2D eigenvalue weighted by atomic mass is 10.2. The lowest BCUT2D eigenvalue weighted by Gasteiger charge is -2.40. The molecule has 0 radical (unpaired) electrons. The third-order valence-electron chi connectivity index (χ3n) is 3.88. The topological polar surface area (TPSA) is 41.4 Å². The molecule has 0 fully saturated rings. The van der Waals surface area contributed by atoms with Gasteiger partial charge in [0, 0.05) is 22.9 Å². The van der Waals surface area contributed by atoms with Gasteiger partial charge in [0.15, 0.2) is 5.50 Å². The Hall–Kier alpha value is -2.11. The van der Waals surface area contributed by atoms with Gasteiger partial charge in [-0.3, -0.25) is 14.4 Å². The van der Waals surface area contributed by atoms with Crippen LogP contribution in [-0.2, 0) is 17.5 Å². The molecule has 0 spiro atoms. The Kier molecular flexibility index (Phi) is 4.73. The van der Waals surface area contributed by atoms with Crippen LogP contribution in [0.5, 0.6) is 0 Å². The quantitative estimate of drug-likeness (QED) is 0.711. The summed E-state index contributed by atoms with van der Waals surface area (Å²) in [6.07, 6.45) is -6.97. The van der Waals surface area contributed by atoms with Crippen LogP contribution in [-0.4, -0.2) is 43.7 Å². The molecule has 0 N–H and O–H groups in total. The second-order valence-corrected chi connectivity index (χ2v) is 7.44. The van der Waals surface area contributed by atoms with E-state index in [0.717, 1.165) is 33.7 Å². The van der Waals surface area contributed by atoms with Gasteiger partial charge in [0.25, 0.3) is 5.91 Å². The number of hydrogen-bond acceptors (Lipinski definition) is 4. The molecule has 148 valence electrons. The molecule has 2 aliphatic rings. The van der Waals surface area contributed by atoms with Crippen molar-refractivity contribution in [3.8, 4) is 0 Å². The van der Waals surface area contributed by atoms with Crippen molar-refractivity contribution in [1.29, 1.82) is 0 Å². The van der Waals surface area contributed by atoms with Crippen LogP contribution in [0.4, 0.5) is 26.3 Å². The van der Waals surface area contributed by atoms with Crippen LogP contribution >= 0.6 is 11.8 Å². The number of rotatable bonds is 3. The van der Waals surface area contributed by atoms with Crippen LogP contribution in [0.15, 0.2) is 28.9 Å². The van der Waals surface area contributed by atoms with Gasteiger partial charge >= 0.3 is 12.4 Å². The van der Waals surface area contributed by atoms with E-state index >= 15 is 0 Å². The summed E-state index contributed by atoms with van der Waals surface area (Å²) in [5.74, 6) is -0.588. The van der Waals surface area contributed by atoms with E-state index in [4.69, 9.17) is 0 Å². The molecule has 0 saturated carbocycles. The first-order valence-electron chi connectivity index (χ1n) is 7.68.